The van der Waals surface area contributed by atoms with Crippen molar-refractivity contribution in [2.45, 2.75) is 19.4 Å². The van der Waals surface area contributed by atoms with Gasteiger partial charge in [-0.05, 0) is 30.7 Å². The van der Waals surface area contributed by atoms with Crippen LogP contribution in [0.1, 0.15) is 22.7 Å². The predicted molar refractivity (Wildman–Crippen MR) is 80.1 cm³/mol. The van der Waals surface area contributed by atoms with Gasteiger partial charge < -0.3 is 15.2 Å². The van der Waals surface area contributed by atoms with Gasteiger partial charge in [-0.25, -0.2) is 0 Å². The van der Waals surface area contributed by atoms with E-state index in [9.17, 15) is 5.11 Å². The molecule has 0 aliphatic heterocycles. The lowest BCUT2D eigenvalue weighted by Crippen LogP contribution is -2.13. The highest BCUT2D eigenvalue weighted by Crippen LogP contribution is 2.27. The predicted octanol–water partition coefficient (Wildman–Crippen LogP) is 3.46. The largest absolute Gasteiger partial charge is 0.497 e. The van der Waals surface area contributed by atoms with E-state index in [0.29, 0.717) is 0 Å². The average molecular weight is 277 g/mol. The molecule has 0 fully saturated rings. The standard InChI is InChI=1S/C15H19NO2S/c1-3-13-7-8-15(19-13)14(10-17)16-11-5-4-6-12(9-11)18-2/h4-9,14,16-17H,3,10H2,1-2H3. The molecule has 0 aliphatic rings. The van der Waals surface area contributed by atoms with Crippen LogP contribution in [0.15, 0.2) is 36.4 Å². The molecular formula is C15H19NO2S. The molecule has 0 radical (unpaired) electrons. The van der Waals surface area contributed by atoms with Crippen molar-refractivity contribution in [1.29, 1.82) is 0 Å². The fourth-order valence-electron chi connectivity index (χ4n) is 1.89. The number of hydrogen-bond acceptors (Lipinski definition) is 4. The Morgan fingerprint density at radius 1 is 1.32 bits per heavy atom. The molecule has 1 unspecified atom stereocenters. The first-order valence-electron chi connectivity index (χ1n) is 6.37. The summed E-state index contributed by atoms with van der Waals surface area (Å²) in [7, 11) is 1.65. The van der Waals surface area contributed by atoms with Crippen LogP contribution in [-0.2, 0) is 6.42 Å². The molecule has 1 atom stereocenters. The highest BCUT2D eigenvalue weighted by atomic mass is 32.1. The van der Waals surface area contributed by atoms with Gasteiger partial charge in [0.25, 0.3) is 0 Å². The van der Waals surface area contributed by atoms with Crippen LogP contribution < -0.4 is 10.1 Å². The SMILES string of the molecule is CCc1ccc(C(CO)Nc2cccc(OC)c2)s1. The van der Waals surface area contributed by atoms with E-state index in [1.54, 1.807) is 18.4 Å². The van der Waals surface area contributed by atoms with Crippen molar-refractivity contribution in [3.05, 3.63) is 46.2 Å². The molecule has 2 N–H and O–H groups in total. The van der Waals surface area contributed by atoms with Crippen molar-refractivity contribution in [2.24, 2.45) is 0 Å². The maximum atomic E-state index is 9.56. The summed E-state index contributed by atoms with van der Waals surface area (Å²) in [5.74, 6) is 0.808. The molecule has 0 bridgehead atoms. The summed E-state index contributed by atoms with van der Waals surface area (Å²) in [5, 5.41) is 12.9. The molecule has 3 nitrogen and oxygen atoms in total. The van der Waals surface area contributed by atoms with Crippen molar-refractivity contribution in [3.63, 3.8) is 0 Å². The first kappa shape index (κ1) is 13.9. The maximum absolute atomic E-state index is 9.56. The van der Waals surface area contributed by atoms with Gasteiger partial charge in [-0.15, -0.1) is 11.3 Å². The van der Waals surface area contributed by atoms with Gasteiger partial charge in [-0.1, -0.05) is 13.0 Å². The summed E-state index contributed by atoms with van der Waals surface area (Å²) < 4.78 is 5.20. The van der Waals surface area contributed by atoms with Gasteiger partial charge in [0.15, 0.2) is 0 Å². The number of aryl methyl sites for hydroxylation is 1. The number of hydrogen-bond donors (Lipinski definition) is 2. The molecule has 19 heavy (non-hydrogen) atoms. The van der Waals surface area contributed by atoms with E-state index in [2.05, 4.69) is 24.4 Å². The molecule has 0 saturated carbocycles. The molecule has 2 rings (SSSR count). The van der Waals surface area contributed by atoms with Crippen LogP contribution in [0.25, 0.3) is 0 Å². The first-order valence-corrected chi connectivity index (χ1v) is 7.18. The number of anilines is 1. The van der Waals surface area contributed by atoms with Gasteiger partial charge >= 0.3 is 0 Å². The molecule has 102 valence electrons. The van der Waals surface area contributed by atoms with E-state index < -0.39 is 0 Å². The molecule has 1 heterocycles. The summed E-state index contributed by atoms with van der Waals surface area (Å²) in [6.45, 7) is 2.21. The smallest absolute Gasteiger partial charge is 0.120 e. The van der Waals surface area contributed by atoms with Crippen LogP contribution in [0.2, 0.25) is 0 Å². The van der Waals surface area contributed by atoms with Gasteiger partial charge in [-0.2, -0.15) is 0 Å². The Hall–Kier alpha value is -1.52. The zero-order chi connectivity index (χ0) is 13.7. The number of aliphatic hydroxyl groups excluding tert-OH is 1. The summed E-state index contributed by atoms with van der Waals surface area (Å²) in [5.41, 5.74) is 0.949. The van der Waals surface area contributed by atoms with Crippen LogP contribution >= 0.6 is 11.3 Å². The minimum atomic E-state index is -0.0718. The third-order valence-corrected chi connectivity index (χ3v) is 4.31. The molecule has 1 aromatic carbocycles. The topological polar surface area (TPSA) is 41.5 Å². The summed E-state index contributed by atoms with van der Waals surface area (Å²) >= 11 is 1.74. The summed E-state index contributed by atoms with van der Waals surface area (Å²) in [6.07, 6.45) is 1.03. The number of methoxy groups -OCH3 is 1. The van der Waals surface area contributed by atoms with Gasteiger partial charge in [0.05, 0.1) is 19.8 Å². The first-order chi connectivity index (χ1) is 9.26. The zero-order valence-corrected chi connectivity index (χ0v) is 12.0. The summed E-state index contributed by atoms with van der Waals surface area (Å²) in [4.78, 5) is 2.49. The molecule has 2 aromatic rings. The molecular weight excluding hydrogens is 258 g/mol. The minimum absolute atomic E-state index is 0.0703. The van der Waals surface area contributed by atoms with Crippen molar-refractivity contribution in [1.82, 2.24) is 0 Å². The highest BCUT2D eigenvalue weighted by molar-refractivity contribution is 7.12. The quantitative estimate of drug-likeness (QED) is 0.849. The normalized spacial score (nSPS) is 12.2. The molecule has 1 aromatic heterocycles. The van der Waals surface area contributed by atoms with Crippen molar-refractivity contribution in [2.75, 3.05) is 19.0 Å². The molecule has 0 saturated heterocycles. The molecule has 0 spiro atoms. The Morgan fingerprint density at radius 2 is 2.16 bits per heavy atom. The van der Waals surface area contributed by atoms with Crippen LogP contribution in [-0.4, -0.2) is 18.8 Å². The number of nitrogens with one attached hydrogen (secondary N) is 1. The molecule has 0 amide bonds. The van der Waals surface area contributed by atoms with E-state index in [4.69, 9.17) is 4.74 Å². The number of aliphatic hydroxyl groups is 1. The van der Waals surface area contributed by atoms with Gasteiger partial charge in [0.2, 0.25) is 0 Å². The minimum Gasteiger partial charge on any atom is -0.497 e. The number of rotatable bonds is 6. The number of thiophene rings is 1. The Balaban J connectivity index is 2.13. The highest BCUT2D eigenvalue weighted by Gasteiger charge is 2.12. The third-order valence-electron chi connectivity index (χ3n) is 2.97. The number of benzene rings is 1. The van der Waals surface area contributed by atoms with Crippen LogP contribution in [0, 0.1) is 0 Å². The van der Waals surface area contributed by atoms with Gasteiger partial charge in [0.1, 0.15) is 5.75 Å². The van der Waals surface area contributed by atoms with E-state index in [0.717, 1.165) is 22.7 Å². The van der Waals surface area contributed by atoms with Crippen LogP contribution in [0.3, 0.4) is 0 Å². The second-order valence-electron chi connectivity index (χ2n) is 4.27. The Kier molecular flexibility index (Phi) is 4.82. The Morgan fingerprint density at radius 3 is 2.79 bits per heavy atom. The lowest BCUT2D eigenvalue weighted by Gasteiger charge is -2.16. The molecule has 0 aliphatic carbocycles. The Labute approximate surface area is 117 Å². The lowest BCUT2D eigenvalue weighted by atomic mass is 10.2. The van der Waals surface area contributed by atoms with Crippen LogP contribution in [0.5, 0.6) is 5.75 Å². The van der Waals surface area contributed by atoms with Crippen molar-refractivity contribution >= 4 is 17.0 Å². The monoisotopic (exact) mass is 277 g/mol. The van der Waals surface area contributed by atoms with Crippen molar-refractivity contribution in [3.8, 4) is 5.75 Å². The van der Waals surface area contributed by atoms with Crippen LogP contribution in [0.4, 0.5) is 5.69 Å². The van der Waals surface area contributed by atoms with Gasteiger partial charge in [0, 0.05) is 21.5 Å². The van der Waals surface area contributed by atoms with Gasteiger partial charge in [-0.3, -0.25) is 0 Å². The fourth-order valence-corrected chi connectivity index (χ4v) is 2.89. The van der Waals surface area contributed by atoms with E-state index in [-0.39, 0.29) is 12.6 Å². The van der Waals surface area contributed by atoms with Crippen molar-refractivity contribution < 1.29 is 9.84 Å². The number of ether oxygens (including phenoxy) is 1. The lowest BCUT2D eigenvalue weighted by molar-refractivity contribution is 0.277. The maximum Gasteiger partial charge on any atom is 0.120 e. The van der Waals surface area contributed by atoms with E-state index in [1.165, 1.54) is 4.88 Å². The Bertz CT molecular complexity index is 524. The fraction of sp³-hybridized carbons (Fsp3) is 0.333. The zero-order valence-electron chi connectivity index (χ0n) is 11.2. The third kappa shape index (κ3) is 3.49. The second kappa shape index (κ2) is 6.59. The second-order valence-corrected chi connectivity index (χ2v) is 5.47. The van der Waals surface area contributed by atoms with E-state index in [1.807, 2.05) is 24.3 Å². The average Bonchev–Trinajstić information content (AvgIpc) is 2.93. The summed E-state index contributed by atoms with van der Waals surface area (Å²) in [6, 6.07) is 11.9. The van der Waals surface area contributed by atoms with E-state index >= 15 is 0 Å². The molecule has 4 heteroatoms.